The molecule has 1 heterocycles. The monoisotopic (exact) mass is 307 g/mol. The molecule has 4 nitrogen and oxygen atoms in total. The summed E-state index contributed by atoms with van der Waals surface area (Å²) in [5, 5.41) is 14.8. The highest BCUT2D eigenvalue weighted by Crippen LogP contribution is 2.24. The van der Waals surface area contributed by atoms with Gasteiger partial charge in [-0.05, 0) is 53.5 Å². The number of hydrogen-bond acceptors (Lipinski definition) is 3. The van der Waals surface area contributed by atoms with Gasteiger partial charge in [-0.2, -0.15) is 5.26 Å². The molecule has 18 heavy (non-hydrogen) atoms. The highest BCUT2D eigenvalue weighted by atomic mass is 79.9. The van der Waals surface area contributed by atoms with Gasteiger partial charge in [0, 0.05) is 4.47 Å². The number of anilines is 1. The average molecular weight is 308 g/mol. The van der Waals surface area contributed by atoms with E-state index in [0.29, 0.717) is 11.3 Å². The minimum absolute atomic E-state index is 0.0138. The molecule has 94 valence electrons. The first kappa shape index (κ1) is 13.1. The third-order valence-electron chi connectivity index (χ3n) is 2.98. The third kappa shape index (κ3) is 3.09. The fourth-order valence-electron chi connectivity index (χ4n) is 1.98. The second-order valence-corrected chi connectivity index (χ2v) is 5.15. The van der Waals surface area contributed by atoms with E-state index in [4.69, 9.17) is 5.26 Å². The molecule has 5 heteroatoms. The van der Waals surface area contributed by atoms with Gasteiger partial charge in [-0.3, -0.25) is 4.79 Å². The van der Waals surface area contributed by atoms with Crippen molar-refractivity contribution in [3.63, 3.8) is 0 Å². The second kappa shape index (κ2) is 5.98. The maximum Gasteiger partial charge on any atom is 0.241 e. The highest BCUT2D eigenvalue weighted by molar-refractivity contribution is 9.10. The Labute approximate surface area is 115 Å². The van der Waals surface area contributed by atoms with Crippen LogP contribution in [0.25, 0.3) is 0 Å². The molecule has 1 aromatic rings. The first-order chi connectivity index (χ1) is 8.70. The molecule has 1 aromatic carbocycles. The first-order valence-corrected chi connectivity index (χ1v) is 6.74. The second-order valence-electron chi connectivity index (χ2n) is 4.30. The smallest absolute Gasteiger partial charge is 0.241 e. The topological polar surface area (TPSA) is 64.9 Å². The average Bonchev–Trinajstić information content (AvgIpc) is 2.42. The van der Waals surface area contributed by atoms with Crippen LogP contribution in [0.4, 0.5) is 5.69 Å². The van der Waals surface area contributed by atoms with E-state index in [9.17, 15) is 4.79 Å². The van der Waals surface area contributed by atoms with E-state index in [1.807, 2.05) is 0 Å². The molecule has 1 aliphatic rings. The van der Waals surface area contributed by atoms with Gasteiger partial charge in [-0.15, -0.1) is 0 Å². The van der Waals surface area contributed by atoms with Crippen LogP contribution in [0.3, 0.4) is 0 Å². The molecule has 2 N–H and O–H groups in total. The van der Waals surface area contributed by atoms with E-state index >= 15 is 0 Å². The van der Waals surface area contributed by atoms with Crippen LogP contribution in [0.15, 0.2) is 22.7 Å². The van der Waals surface area contributed by atoms with Crippen LogP contribution in [-0.2, 0) is 4.79 Å². The molecular weight excluding hydrogens is 294 g/mol. The number of carbonyl (C=O) groups is 1. The van der Waals surface area contributed by atoms with E-state index in [2.05, 4.69) is 32.6 Å². The summed E-state index contributed by atoms with van der Waals surface area (Å²) in [4.78, 5) is 12.0. The molecule has 1 fully saturated rings. The van der Waals surface area contributed by atoms with Crippen LogP contribution in [0.5, 0.6) is 0 Å². The third-order valence-corrected chi connectivity index (χ3v) is 3.64. The maximum atomic E-state index is 12.0. The molecule has 0 spiro atoms. The molecule has 1 aliphatic heterocycles. The quantitative estimate of drug-likeness (QED) is 0.882. The fourth-order valence-corrected chi connectivity index (χ4v) is 2.46. The molecule has 1 saturated heterocycles. The fraction of sp³-hybridized carbons (Fsp3) is 0.385. The van der Waals surface area contributed by atoms with Gasteiger partial charge in [0.05, 0.1) is 23.4 Å². The Hall–Kier alpha value is -1.38. The Kier molecular flexibility index (Phi) is 4.34. The van der Waals surface area contributed by atoms with Crippen molar-refractivity contribution in [2.45, 2.75) is 25.3 Å². The van der Waals surface area contributed by atoms with Gasteiger partial charge in [0.1, 0.15) is 0 Å². The lowest BCUT2D eigenvalue weighted by atomic mass is 10.0. The van der Waals surface area contributed by atoms with E-state index in [0.717, 1.165) is 30.3 Å². The number of carbonyl (C=O) groups excluding carboxylic acids is 1. The van der Waals surface area contributed by atoms with E-state index in [1.165, 1.54) is 0 Å². The number of nitriles is 1. The molecule has 0 radical (unpaired) electrons. The van der Waals surface area contributed by atoms with Crippen molar-refractivity contribution < 1.29 is 4.79 Å². The standard InChI is InChI=1S/C13H14BrN3O/c14-10-7-9(8-15)4-5-11(10)17-13(18)12-3-1-2-6-16-12/h4-5,7,12,16H,1-3,6H2,(H,17,18). The van der Waals surface area contributed by atoms with E-state index < -0.39 is 0 Å². The predicted molar refractivity (Wildman–Crippen MR) is 73.1 cm³/mol. The Morgan fingerprint density at radius 3 is 2.94 bits per heavy atom. The van der Waals surface area contributed by atoms with Crippen LogP contribution >= 0.6 is 15.9 Å². The summed E-state index contributed by atoms with van der Waals surface area (Å²) in [6, 6.07) is 7.07. The van der Waals surface area contributed by atoms with Gasteiger partial charge in [-0.1, -0.05) is 6.42 Å². The van der Waals surface area contributed by atoms with Gasteiger partial charge in [0.25, 0.3) is 0 Å². The minimum Gasteiger partial charge on any atom is -0.324 e. The molecule has 0 aromatic heterocycles. The summed E-state index contributed by atoms with van der Waals surface area (Å²) in [6.45, 7) is 0.895. The zero-order valence-electron chi connectivity index (χ0n) is 9.87. The molecule has 0 saturated carbocycles. The Morgan fingerprint density at radius 2 is 2.33 bits per heavy atom. The first-order valence-electron chi connectivity index (χ1n) is 5.94. The number of piperidine rings is 1. The van der Waals surface area contributed by atoms with Gasteiger partial charge in [0.2, 0.25) is 5.91 Å². The lowest BCUT2D eigenvalue weighted by Gasteiger charge is -2.22. The van der Waals surface area contributed by atoms with Gasteiger partial charge in [0.15, 0.2) is 0 Å². The number of halogens is 1. The van der Waals surface area contributed by atoms with Gasteiger partial charge >= 0.3 is 0 Å². The highest BCUT2D eigenvalue weighted by Gasteiger charge is 2.20. The van der Waals surface area contributed by atoms with Crippen LogP contribution in [0, 0.1) is 11.3 Å². The molecule has 2 rings (SSSR count). The van der Waals surface area contributed by atoms with Crippen molar-refractivity contribution in [3.05, 3.63) is 28.2 Å². The molecule has 0 bridgehead atoms. The van der Waals surface area contributed by atoms with Crippen molar-refractivity contribution >= 4 is 27.5 Å². The van der Waals surface area contributed by atoms with Crippen LogP contribution in [-0.4, -0.2) is 18.5 Å². The largest absolute Gasteiger partial charge is 0.324 e. The lowest BCUT2D eigenvalue weighted by Crippen LogP contribution is -2.43. The Morgan fingerprint density at radius 1 is 1.50 bits per heavy atom. The van der Waals surface area contributed by atoms with Crippen LogP contribution in [0.1, 0.15) is 24.8 Å². The zero-order chi connectivity index (χ0) is 13.0. The van der Waals surface area contributed by atoms with E-state index in [-0.39, 0.29) is 11.9 Å². The Bertz CT molecular complexity index is 489. The summed E-state index contributed by atoms with van der Waals surface area (Å²) in [5.41, 5.74) is 1.27. The zero-order valence-corrected chi connectivity index (χ0v) is 11.5. The van der Waals surface area contributed by atoms with Crippen LogP contribution in [0.2, 0.25) is 0 Å². The van der Waals surface area contributed by atoms with Crippen LogP contribution < -0.4 is 10.6 Å². The minimum atomic E-state index is -0.110. The summed E-state index contributed by atoms with van der Waals surface area (Å²) in [6.07, 6.45) is 3.09. The number of rotatable bonds is 2. The number of hydrogen-bond donors (Lipinski definition) is 2. The number of nitrogens with one attached hydrogen (secondary N) is 2. The van der Waals surface area contributed by atoms with Gasteiger partial charge < -0.3 is 10.6 Å². The molecule has 1 amide bonds. The predicted octanol–water partition coefficient (Wildman–Crippen LogP) is 2.40. The van der Waals surface area contributed by atoms with E-state index in [1.54, 1.807) is 18.2 Å². The normalized spacial score (nSPS) is 19.0. The van der Waals surface area contributed by atoms with Crippen molar-refractivity contribution in [1.82, 2.24) is 5.32 Å². The number of amides is 1. The van der Waals surface area contributed by atoms with Crippen molar-refractivity contribution in [2.24, 2.45) is 0 Å². The summed E-state index contributed by atoms with van der Waals surface area (Å²) < 4.78 is 0.728. The molecular formula is C13H14BrN3O. The number of nitrogens with zero attached hydrogens (tertiary/aromatic N) is 1. The van der Waals surface area contributed by atoms with Gasteiger partial charge in [-0.25, -0.2) is 0 Å². The lowest BCUT2D eigenvalue weighted by molar-refractivity contribution is -0.118. The molecule has 1 atom stereocenters. The summed E-state index contributed by atoms with van der Waals surface area (Å²) in [7, 11) is 0. The maximum absolute atomic E-state index is 12.0. The Balaban J connectivity index is 2.04. The number of benzene rings is 1. The SMILES string of the molecule is N#Cc1ccc(NC(=O)C2CCCCN2)c(Br)c1. The molecule has 0 aliphatic carbocycles. The summed E-state index contributed by atoms with van der Waals surface area (Å²) >= 11 is 3.35. The molecule has 1 unspecified atom stereocenters. The van der Waals surface area contributed by atoms with Crippen molar-refractivity contribution in [1.29, 1.82) is 5.26 Å². The van der Waals surface area contributed by atoms with Crippen molar-refractivity contribution in [3.8, 4) is 6.07 Å². The summed E-state index contributed by atoms with van der Waals surface area (Å²) in [5.74, 6) is -0.0138. The van der Waals surface area contributed by atoms with Crippen molar-refractivity contribution in [2.75, 3.05) is 11.9 Å².